The Labute approximate surface area is 178 Å². The van der Waals surface area contributed by atoms with Gasteiger partial charge in [-0.05, 0) is 56.4 Å². The number of carboxylic acid groups (broad SMARTS) is 1. The second-order valence-corrected chi connectivity index (χ2v) is 6.58. The van der Waals surface area contributed by atoms with Gasteiger partial charge in [0.05, 0.1) is 5.56 Å². The number of primary amides is 1. The van der Waals surface area contributed by atoms with Crippen molar-refractivity contribution in [3.8, 4) is 0 Å². The van der Waals surface area contributed by atoms with E-state index in [-0.39, 0.29) is 36.9 Å². The van der Waals surface area contributed by atoms with Gasteiger partial charge in [-0.2, -0.15) is 0 Å². The van der Waals surface area contributed by atoms with Gasteiger partial charge in [0.2, 0.25) is 5.91 Å². The largest absolute Gasteiger partial charge is 1.00 e. The van der Waals surface area contributed by atoms with Crippen LogP contribution in [0.1, 0.15) is 68.1 Å². The van der Waals surface area contributed by atoms with Gasteiger partial charge in [0.25, 0.3) is 0 Å². The molecule has 2 aromatic rings. The number of rotatable bonds is 9. The smallest absolute Gasteiger partial charge is 1.00 e. The Morgan fingerprint density at radius 2 is 1.88 bits per heavy atom. The summed E-state index contributed by atoms with van der Waals surface area (Å²) in [4.78, 5) is 22.8. The fourth-order valence-corrected chi connectivity index (χ4v) is 3.57. The number of aromatic nitrogens is 1. The molecule has 0 aliphatic rings. The first kappa shape index (κ1) is 22.7. The summed E-state index contributed by atoms with van der Waals surface area (Å²) in [6.07, 6.45) is 5.23. The third kappa shape index (κ3) is 4.90. The zero-order chi connectivity index (χ0) is 18.6. The maximum absolute atomic E-state index is 11.5. The molecule has 0 aliphatic heterocycles. The molecule has 5 nitrogen and oxygen atoms in total. The number of fused-ring (bicyclic) bond motifs is 1. The summed E-state index contributed by atoms with van der Waals surface area (Å²) in [7, 11) is 0. The molecule has 0 unspecified atom stereocenters. The van der Waals surface area contributed by atoms with Crippen molar-refractivity contribution >= 4 is 22.8 Å². The number of carboxylic acids is 1. The first-order chi connectivity index (χ1) is 11.9. The maximum Gasteiger partial charge on any atom is 1.00 e. The number of aromatic carboxylic acids is 1. The van der Waals surface area contributed by atoms with Crippen LogP contribution in [0, 0.1) is 6.92 Å². The van der Waals surface area contributed by atoms with E-state index in [0.29, 0.717) is 18.4 Å². The molecule has 1 heterocycles. The van der Waals surface area contributed by atoms with Crippen molar-refractivity contribution < 1.29 is 45.7 Å². The minimum atomic E-state index is -0.908. The number of hydrogen-bond acceptors (Lipinski definition) is 2. The number of benzene rings is 1. The van der Waals surface area contributed by atoms with Crippen LogP contribution in [0.25, 0.3) is 10.9 Å². The number of hydrogen-bond donors (Lipinski definition) is 2. The van der Waals surface area contributed by atoms with E-state index in [4.69, 9.17) is 5.73 Å². The predicted molar refractivity (Wildman–Crippen MR) is 101 cm³/mol. The third-order valence-electron chi connectivity index (χ3n) is 4.82. The van der Waals surface area contributed by atoms with Crippen LogP contribution in [0.3, 0.4) is 0 Å². The van der Waals surface area contributed by atoms with Crippen molar-refractivity contribution in [3.05, 3.63) is 34.5 Å². The number of carbonyl (C=O) groups excluding carboxylic acids is 1. The van der Waals surface area contributed by atoms with Crippen LogP contribution in [0.4, 0.5) is 0 Å². The first-order valence-electron chi connectivity index (χ1n) is 9.06. The van der Waals surface area contributed by atoms with E-state index in [1.165, 1.54) is 5.69 Å². The fraction of sp³-hybridized carbons (Fsp3) is 0.500. The van der Waals surface area contributed by atoms with Crippen molar-refractivity contribution in [2.45, 2.75) is 65.8 Å². The van der Waals surface area contributed by atoms with Crippen molar-refractivity contribution in [2.24, 2.45) is 5.73 Å². The molecule has 1 aromatic carbocycles. The van der Waals surface area contributed by atoms with Gasteiger partial charge in [-0.15, -0.1) is 0 Å². The van der Waals surface area contributed by atoms with Crippen molar-refractivity contribution in [2.75, 3.05) is 0 Å². The molecule has 0 saturated carbocycles. The number of nitrogens with zero attached hydrogens (tertiary/aromatic N) is 1. The van der Waals surface area contributed by atoms with Gasteiger partial charge in [0.15, 0.2) is 0 Å². The van der Waals surface area contributed by atoms with Gasteiger partial charge < -0.3 is 16.8 Å². The van der Waals surface area contributed by atoms with E-state index < -0.39 is 5.97 Å². The van der Waals surface area contributed by atoms with Crippen LogP contribution >= 0.6 is 0 Å². The first-order valence-corrected chi connectivity index (χ1v) is 9.06. The Hall–Kier alpha value is -1.30. The van der Waals surface area contributed by atoms with Crippen molar-refractivity contribution in [1.29, 1.82) is 0 Å². The molecule has 0 bridgehead atoms. The van der Waals surface area contributed by atoms with E-state index in [0.717, 1.165) is 54.3 Å². The molecule has 1 aromatic heterocycles. The van der Waals surface area contributed by atoms with Gasteiger partial charge in [0.1, 0.15) is 0 Å². The van der Waals surface area contributed by atoms with E-state index in [2.05, 4.69) is 18.4 Å². The quantitative estimate of drug-likeness (QED) is 0.510. The second-order valence-electron chi connectivity index (χ2n) is 6.58. The molecule has 1 amide bonds. The molecule has 0 aliphatic carbocycles. The number of unbranched alkanes of at least 4 members (excludes halogenated alkanes) is 2. The molecule has 0 saturated heterocycles. The number of amides is 1. The van der Waals surface area contributed by atoms with E-state index >= 15 is 0 Å². The molecule has 6 heteroatoms. The third-order valence-corrected chi connectivity index (χ3v) is 4.82. The van der Waals surface area contributed by atoms with E-state index in [1.807, 2.05) is 13.0 Å². The summed E-state index contributed by atoms with van der Waals surface area (Å²) in [6, 6.07) is 3.72. The van der Waals surface area contributed by atoms with Gasteiger partial charge in [0, 0.05) is 29.6 Å². The average Bonchev–Trinajstić information content (AvgIpc) is 2.84. The molecule has 138 valence electrons. The summed E-state index contributed by atoms with van der Waals surface area (Å²) < 4.78 is 2.20. The fourth-order valence-electron chi connectivity index (χ4n) is 3.57. The summed E-state index contributed by atoms with van der Waals surface area (Å²) >= 11 is 0. The van der Waals surface area contributed by atoms with Gasteiger partial charge in [-0.25, -0.2) is 4.79 Å². The number of carbonyl (C=O) groups is 2. The van der Waals surface area contributed by atoms with Crippen LogP contribution < -0.4 is 35.3 Å². The van der Waals surface area contributed by atoms with Crippen molar-refractivity contribution in [1.82, 2.24) is 4.57 Å². The average molecular weight is 368 g/mol. The molecule has 0 fully saturated rings. The van der Waals surface area contributed by atoms with Crippen LogP contribution in [-0.2, 0) is 24.2 Å². The van der Waals surface area contributed by atoms with Gasteiger partial charge >= 0.3 is 35.5 Å². The molecule has 0 radical (unpaired) electrons. The van der Waals surface area contributed by atoms with Crippen LogP contribution in [0.15, 0.2) is 12.1 Å². The van der Waals surface area contributed by atoms with Crippen LogP contribution in [0.5, 0.6) is 0 Å². The SMILES string of the molecule is CCCCCc1c(CCC(N)=O)c2cc(C)c(C(=O)O)cc2n1CC.[H-].[Na+]. The Morgan fingerprint density at radius 3 is 2.42 bits per heavy atom. The zero-order valence-electron chi connectivity index (χ0n) is 17.4. The van der Waals surface area contributed by atoms with Crippen LogP contribution in [-0.4, -0.2) is 21.6 Å². The zero-order valence-corrected chi connectivity index (χ0v) is 18.4. The summed E-state index contributed by atoms with van der Waals surface area (Å²) in [5.74, 6) is -1.22. The predicted octanol–water partition coefficient (Wildman–Crippen LogP) is 0.935. The molecular formula is C20H29N2NaO3. The van der Waals surface area contributed by atoms with Crippen molar-refractivity contribution in [3.63, 3.8) is 0 Å². The molecule has 0 spiro atoms. The van der Waals surface area contributed by atoms with E-state index in [9.17, 15) is 14.7 Å². The molecule has 2 rings (SSSR count). The molecular weight excluding hydrogens is 339 g/mol. The number of aryl methyl sites for hydroxylation is 3. The number of nitrogens with two attached hydrogens (primary N) is 1. The normalized spacial score (nSPS) is 10.7. The Kier molecular flexibility index (Phi) is 8.87. The Bertz CT molecular complexity index is 802. The minimum absolute atomic E-state index is 0. The maximum atomic E-state index is 11.5. The van der Waals surface area contributed by atoms with Gasteiger partial charge in [-0.3, -0.25) is 4.79 Å². The summed E-state index contributed by atoms with van der Waals surface area (Å²) in [6.45, 7) is 6.84. The second kappa shape index (κ2) is 10.1. The molecule has 0 atom stereocenters. The Balaban J connectivity index is 0.00000338. The summed E-state index contributed by atoms with van der Waals surface area (Å²) in [5, 5.41) is 10.5. The minimum Gasteiger partial charge on any atom is -1.00 e. The van der Waals surface area contributed by atoms with Crippen LogP contribution in [0.2, 0.25) is 0 Å². The van der Waals surface area contributed by atoms with Gasteiger partial charge in [-0.1, -0.05) is 19.8 Å². The monoisotopic (exact) mass is 368 g/mol. The summed E-state index contributed by atoms with van der Waals surface area (Å²) in [5.41, 5.74) is 9.75. The molecule has 3 N–H and O–H groups in total. The molecule has 26 heavy (non-hydrogen) atoms. The Morgan fingerprint density at radius 1 is 1.19 bits per heavy atom. The topological polar surface area (TPSA) is 85.3 Å². The van der Waals surface area contributed by atoms with E-state index in [1.54, 1.807) is 6.07 Å². The standard InChI is InChI=1S/C20H28N2O3.Na.H/c1-4-6-7-8-17-14(9-10-19(21)23)16-11-13(3)15(20(24)25)12-18(16)22(17)5-2;;/h11-12H,4-10H2,1-3H3,(H2,21,23)(H,24,25);;/q;+1;-1.